The summed E-state index contributed by atoms with van der Waals surface area (Å²) in [7, 11) is -1.29. The van der Waals surface area contributed by atoms with Crippen molar-refractivity contribution in [3.63, 3.8) is 0 Å². The fourth-order valence-corrected chi connectivity index (χ4v) is 6.44. The van der Waals surface area contributed by atoms with Gasteiger partial charge in [-0.2, -0.15) is 0 Å². The summed E-state index contributed by atoms with van der Waals surface area (Å²) in [5.41, 5.74) is 1.46. The van der Waals surface area contributed by atoms with Crippen molar-refractivity contribution in [2.75, 3.05) is 12.8 Å². The number of rotatable bonds is 2. The molecule has 0 aromatic rings. The van der Waals surface area contributed by atoms with E-state index in [1.165, 1.54) is 11.7 Å². The minimum absolute atomic E-state index is 0.469. The number of hydrogen-bond acceptors (Lipinski definition) is 0. The maximum atomic E-state index is 2.56. The molecule has 15 heavy (non-hydrogen) atoms. The van der Waals surface area contributed by atoms with E-state index in [1.54, 1.807) is 0 Å². The van der Waals surface area contributed by atoms with Gasteiger partial charge >= 0.3 is 97.4 Å². The van der Waals surface area contributed by atoms with Crippen molar-refractivity contribution in [1.29, 1.82) is 0 Å². The molecule has 0 aromatic heterocycles. The molecule has 0 aromatic carbocycles. The third kappa shape index (κ3) is 3.59. The van der Waals surface area contributed by atoms with Gasteiger partial charge in [0.05, 0.1) is 0 Å². The van der Waals surface area contributed by atoms with Crippen LogP contribution in [0, 0.1) is 0 Å². The van der Waals surface area contributed by atoms with Gasteiger partial charge in [0.1, 0.15) is 0 Å². The molecule has 0 aliphatic carbocycles. The number of allylic oxidation sites excluding steroid dienone is 2. The van der Waals surface area contributed by atoms with Crippen LogP contribution in [-0.2, 0) is 0 Å². The first kappa shape index (κ1) is 15.2. The SMILES string of the molecule is CC(C)=CC[PH](C)(C(C)(C)C)C(C)(C)C. The molecular weight excluding hydrogens is 199 g/mol. The van der Waals surface area contributed by atoms with Gasteiger partial charge in [0.2, 0.25) is 0 Å². The topological polar surface area (TPSA) is 0 Å². The van der Waals surface area contributed by atoms with E-state index in [4.69, 9.17) is 0 Å². The van der Waals surface area contributed by atoms with Gasteiger partial charge in [-0.25, -0.2) is 0 Å². The van der Waals surface area contributed by atoms with Gasteiger partial charge in [0.15, 0.2) is 0 Å². The van der Waals surface area contributed by atoms with E-state index in [9.17, 15) is 0 Å². The molecule has 0 amide bonds. The van der Waals surface area contributed by atoms with Gasteiger partial charge in [-0.05, 0) is 0 Å². The van der Waals surface area contributed by atoms with Crippen molar-refractivity contribution in [2.24, 2.45) is 0 Å². The summed E-state index contributed by atoms with van der Waals surface area (Å²) in [6.45, 7) is 21.5. The van der Waals surface area contributed by atoms with Crippen molar-refractivity contribution < 1.29 is 0 Å². The second-order valence-corrected chi connectivity index (χ2v) is 13.4. The van der Waals surface area contributed by atoms with Crippen LogP contribution in [0.3, 0.4) is 0 Å². The zero-order valence-electron chi connectivity index (χ0n) is 12.3. The van der Waals surface area contributed by atoms with Crippen molar-refractivity contribution >= 4 is 7.26 Å². The van der Waals surface area contributed by atoms with E-state index in [-0.39, 0.29) is 0 Å². The molecule has 0 saturated heterocycles. The predicted octanol–water partition coefficient (Wildman–Crippen LogP) is 4.93. The maximum absolute atomic E-state index is 2.56. The third-order valence-electron chi connectivity index (χ3n) is 4.23. The van der Waals surface area contributed by atoms with Crippen LogP contribution in [0.1, 0.15) is 55.4 Å². The van der Waals surface area contributed by atoms with Gasteiger partial charge in [0, 0.05) is 0 Å². The fourth-order valence-electron chi connectivity index (χ4n) is 2.15. The monoisotopic (exact) mass is 230 g/mol. The molecule has 0 heterocycles. The van der Waals surface area contributed by atoms with Gasteiger partial charge in [0.25, 0.3) is 0 Å². The van der Waals surface area contributed by atoms with Crippen LogP contribution < -0.4 is 0 Å². The van der Waals surface area contributed by atoms with Gasteiger partial charge < -0.3 is 0 Å². The fraction of sp³-hybridized carbons (Fsp3) is 0.857. The zero-order chi connectivity index (χ0) is 12.5. The Kier molecular flexibility index (Phi) is 4.63. The molecule has 92 valence electrons. The molecule has 0 aliphatic heterocycles. The Morgan fingerprint density at radius 2 is 1.27 bits per heavy atom. The molecule has 0 radical (unpaired) electrons. The summed E-state index contributed by atoms with van der Waals surface area (Å²) in [5, 5.41) is 0.939. The standard InChI is InChI=1S/C14H31P/c1-12(2)10-11-15(9,13(3,4)5)14(6,7)8/h10,15H,11H2,1-9H3. The summed E-state index contributed by atoms with van der Waals surface area (Å²) in [4.78, 5) is 0. The molecule has 0 saturated carbocycles. The molecule has 0 N–H and O–H groups in total. The Balaban J connectivity index is 5.16. The summed E-state index contributed by atoms with van der Waals surface area (Å²) in [5.74, 6) is 0. The second kappa shape index (κ2) is 4.58. The Labute approximate surface area is 97.9 Å². The first-order chi connectivity index (χ1) is 6.42. The Morgan fingerprint density at radius 3 is 1.47 bits per heavy atom. The van der Waals surface area contributed by atoms with E-state index in [2.05, 4.69) is 68.1 Å². The van der Waals surface area contributed by atoms with Crippen LogP contribution in [0.4, 0.5) is 0 Å². The summed E-state index contributed by atoms with van der Waals surface area (Å²) < 4.78 is 0. The van der Waals surface area contributed by atoms with E-state index < -0.39 is 7.26 Å². The van der Waals surface area contributed by atoms with Gasteiger partial charge in [-0.1, -0.05) is 0 Å². The molecule has 1 heteroatoms. The van der Waals surface area contributed by atoms with Crippen molar-refractivity contribution in [3.8, 4) is 0 Å². The van der Waals surface area contributed by atoms with Crippen molar-refractivity contribution in [2.45, 2.75) is 65.7 Å². The van der Waals surface area contributed by atoms with E-state index in [1.807, 2.05) is 0 Å². The van der Waals surface area contributed by atoms with Crippen LogP contribution in [-0.4, -0.2) is 23.1 Å². The van der Waals surface area contributed by atoms with Crippen LogP contribution in [0.25, 0.3) is 0 Å². The molecule has 0 bridgehead atoms. The first-order valence-corrected chi connectivity index (χ1v) is 8.76. The summed E-state index contributed by atoms with van der Waals surface area (Å²) in [6, 6.07) is 0. The quantitative estimate of drug-likeness (QED) is 0.466. The van der Waals surface area contributed by atoms with Crippen LogP contribution in [0.5, 0.6) is 0 Å². The van der Waals surface area contributed by atoms with E-state index in [0.717, 1.165) is 0 Å². The van der Waals surface area contributed by atoms with Crippen LogP contribution in [0.2, 0.25) is 0 Å². The summed E-state index contributed by atoms with van der Waals surface area (Å²) in [6.07, 6.45) is 3.76. The average molecular weight is 230 g/mol. The molecular formula is C14H31P. The van der Waals surface area contributed by atoms with E-state index >= 15 is 0 Å². The third-order valence-corrected chi connectivity index (χ3v) is 11.9. The van der Waals surface area contributed by atoms with Crippen molar-refractivity contribution in [1.82, 2.24) is 0 Å². The minimum atomic E-state index is -1.29. The average Bonchev–Trinajstić information content (AvgIpc) is 1.95. The molecule has 0 spiro atoms. The normalized spacial score (nSPS) is 15.0. The molecule has 0 nitrogen and oxygen atoms in total. The molecule has 0 aliphatic rings. The van der Waals surface area contributed by atoms with Crippen molar-refractivity contribution in [3.05, 3.63) is 11.6 Å². The Morgan fingerprint density at radius 1 is 0.933 bits per heavy atom. The van der Waals surface area contributed by atoms with Gasteiger partial charge in [-0.3, -0.25) is 0 Å². The van der Waals surface area contributed by atoms with Gasteiger partial charge in [-0.15, -0.1) is 0 Å². The zero-order valence-corrected chi connectivity index (χ0v) is 13.3. The Bertz CT molecular complexity index is 217. The predicted molar refractivity (Wildman–Crippen MR) is 78.0 cm³/mol. The number of hydrogen-bond donors (Lipinski definition) is 0. The molecule has 0 rings (SSSR count). The first-order valence-electron chi connectivity index (χ1n) is 6.05. The van der Waals surface area contributed by atoms with E-state index in [0.29, 0.717) is 10.3 Å². The molecule has 0 fully saturated rings. The van der Waals surface area contributed by atoms with Crippen LogP contribution in [0.15, 0.2) is 11.6 Å². The molecule has 0 unspecified atom stereocenters. The Hall–Kier alpha value is 0.170. The second-order valence-electron chi connectivity index (χ2n) is 7.32. The van der Waals surface area contributed by atoms with Crippen LogP contribution >= 0.6 is 7.26 Å². The molecule has 0 atom stereocenters. The summed E-state index contributed by atoms with van der Waals surface area (Å²) >= 11 is 0.